The Labute approximate surface area is 167 Å². The van der Waals surface area contributed by atoms with Crippen LogP contribution in [0.4, 0.5) is 11.9 Å². The number of hydrogen-bond donors (Lipinski definition) is 3. The molecule has 0 atom stereocenters. The van der Waals surface area contributed by atoms with E-state index in [1.165, 1.54) is 25.7 Å². The molecule has 2 amide bonds. The summed E-state index contributed by atoms with van der Waals surface area (Å²) in [5, 5.41) is 13.8. The predicted molar refractivity (Wildman–Crippen MR) is 106 cm³/mol. The van der Waals surface area contributed by atoms with Gasteiger partial charge in [-0.15, -0.1) is 0 Å². The number of carbonyl (C=O) groups is 2. The molecule has 0 radical (unpaired) electrons. The first-order chi connectivity index (χ1) is 14.1. The summed E-state index contributed by atoms with van der Waals surface area (Å²) in [6, 6.07) is 0.863. The van der Waals surface area contributed by atoms with Crippen molar-refractivity contribution in [1.82, 2.24) is 24.9 Å². The normalized spacial score (nSPS) is 23.3. The first-order valence-corrected chi connectivity index (χ1v) is 10.5. The molecule has 1 aliphatic heterocycles. The van der Waals surface area contributed by atoms with Crippen LogP contribution in [-0.2, 0) is 9.59 Å². The molecule has 3 aliphatic carbocycles. The molecule has 3 N–H and O–H groups in total. The fourth-order valence-corrected chi connectivity index (χ4v) is 4.05. The SMILES string of the molecule is O=C1C/C(=C\c2cnn3c(NC4CC4)nc(NC(C4CC4)C4CC4)nc23)C(=O)N1. The van der Waals surface area contributed by atoms with Gasteiger partial charge in [0.15, 0.2) is 5.65 Å². The van der Waals surface area contributed by atoms with Gasteiger partial charge in [0.05, 0.1) is 12.6 Å². The zero-order valence-electron chi connectivity index (χ0n) is 16.0. The van der Waals surface area contributed by atoms with E-state index < -0.39 is 0 Å². The van der Waals surface area contributed by atoms with Gasteiger partial charge in [0.1, 0.15) is 0 Å². The number of imide groups is 1. The lowest BCUT2D eigenvalue weighted by Crippen LogP contribution is -2.26. The number of amides is 2. The summed E-state index contributed by atoms with van der Waals surface area (Å²) >= 11 is 0. The molecular formula is C20H23N7O2. The van der Waals surface area contributed by atoms with Crippen LogP contribution in [0.3, 0.4) is 0 Å². The van der Waals surface area contributed by atoms with Gasteiger partial charge in [-0.2, -0.15) is 19.6 Å². The maximum Gasteiger partial charge on any atom is 0.254 e. The van der Waals surface area contributed by atoms with Gasteiger partial charge in [-0.25, -0.2) is 0 Å². The molecule has 0 aromatic carbocycles. The molecule has 4 fully saturated rings. The average molecular weight is 393 g/mol. The number of anilines is 2. The maximum absolute atomic E-state index is 12.0. The fourth-order valence-electron chi connectivity index (χ4n) is 4.05. The van der Waals surface area contributed by atoms with Gasteiger partial charge in [-0.05, 0) is 56.4 Å². The minimum Gasteiger partial charge on any atom is -0.351 e. The number of aromatic nitrogens is 4. The highest BCUT2D eigenvalue weighted by atomic mass is 16.2. The minimum atomic E-state index is -0.347. The van der Waals surface area contributed by atoms with Crippen LogP contribution in [-0.4, -0.2) is 43.5 Å². The van der Waals surface area contributed by atoms with E-state index in [9.17, 15) is 9.59 Å². The monoisotopic (exact) mass is 393 g/mol. The van der Waals surface area contributed by atoms with Crippen LogP contribution in [0.5, 0.6) is 0 Å². The molecule has 150 valence electrons. The van der Waals surface area contributed by atoms with Crippen molar-refractivity contribution in [3.05, 3.63) is 17.3 Å². The van der Waals surface area contributed by atoms with Crippen molar-refractivity contribution in [3.8, 4) is 0 Å². The molecule has 2 aromatic rings. The van der Waals surface area contributed by atoms with E-state index in [0.717, 1.165) is 24.7 Å². The number of rotatable bonds is 7. The van der Waals surface area contributed by atoms with Crippen LogP contribution in [0.15, 0.2) is 11.8 Å². The summed E-state index contributed by atoms with van der Waals surface area (Å²) in [5.74, 6) is 2.10. The van der Waals surface area contributed by atoms with E-state index in [-0.39, 0.29) is 18.2 Å². The average Bonchev–Trinajstić information content (AvgIpc) is 3.56. The third-order valence-corrected chi connectivity index (χ3v) is 6.09. The Morgan fingerprint density at radius 1 is 1.10 bits per heavy atom. The van der Waals surface area contributed by atoms with Crippen LogP contribution < -0.4 is 16.0 Å². The Morgan fingerprint density at radius 2 is 1.86 bits per heavy atom. The first kappa shape index (κ1) is 16.9. The lowest BCUT2D eigenvalue weighted by Gasteiger charge is -2.18. The standard InChI is InChI=1S/C20H23N7O2/c28-15-8-12(18(29)23-15)7-13-9-21-27-17(13)25-19(26-20(27)22-14-5-6-14)24-16(10-1-2-10)11-3-4-11/h7,9-11,14,16H,1-6,8H2,(H,23,28,29)(H2,22,24,25,26)/b12-7+. The molecule has 0 unspecified atom stereocenters. The first-order valence-electron chi connectivity index (χ1n) is 10.5. The highest BCUT2D eigenvalue weighted by molar-refractivity contribution is 6.15. The van der Waals surface area contributed by atoms with E-state index in [4.69, 9.17) is 9.97 Å². The van der Waals surface area contributed by atoms with Crippen LogP contribution in [0.25, 0.3) is 11.7 Å². The Morgan fingerprint density at radius 3 is 2.48 bits per heavy atom. The van der Waals surface area contributed by atoms with Gasteiger partial charge >= 0.3 is 0 Å². The van der Waals surface area contributed by atoms with Crippen molar-refractivity contribution >= 4 is 35.4 Å². The van der Waals surface area contributed by atoms with Gasteiger partial charge in [-0.1, -0.05) is 0 Å². The van der Waals surface area contributed by atoms with Crippen molar-refractivity contribution < 1.29 is 9.59 Å². The topological polar surface area (TPSA) is 113 Å². The van der Waals surface area contributed by atoms with Crippen molar-refractivity contribution in [3.63, 3.8) is 0 Å². The van der Waals surface area contributed by atoms with Crippen molar-refractivity contribution in [1.29, 1.82) is 0 Å². The summed E-state index contributed by atoms with van der Waals surface area (Å²) in [7, 11) is 0. The lowest BCUT2D eigenvalue weighted by molar-refractivity contribution is -0.124. The fraction of sp³-hybridized carbons (Fsp3) is 0.550. The number of fused-ring (bicyclic) bond motifs is 1. The summed E-state index contributed by atoms with van der Waals surface area (Å²) in [6.07, 6.45) is 10.8. The quantitative estimate of drug-likeness (QED) is 0.485. The summed E-state index contributed by atoms with van der Waals surface area (Å²) in [6.45, 7) is 0. The van der Waals surface area contributed by atoms with Crippen molar-refractivity contribution in [2.24, 2.45) is 11.8 Å². The summed E-state index contributed by atoms with van der Waals surface area (Å²) < 4.78 is 1.69. The molecule has 3 saturated carbocycles. The second-order valence-electron chi connectivity index (χ2n) is 8.69. The number of carbonyl (C=O) groups excluding carboxylic acids is 2. The molecule has 6 rings (SSSR count). The molecule has 29 heavy (non-hydrogen) atoms. The van der Waals surface area contributed by atoms with Crippen LogP contribution in [0.1, 0.15) is 50.5 Å². The molecule has 0 bridgehead atoms. The van der Waals surface area contributed by atoms with Gasteiger partial charge in [-0.3, -0.25) is 14.9 Å². The van der Waals surface area contributed by atoms with E-state index in [1.54, 1.807) is 16.8 Å². The van der Waals surface area contributed by atoms with Gasteiger partial charge in [0.25, 0.3) is 5.91 Å². The van der Waals surface area contributed by atoms with Gasteiger partial charge in [0, 0.05) is 23.2 Å². The predicted octanol–water partition coefficient (Wildman–Crippen LogP) is 1.73. The molecule has 0 spiro atoms. The zero-order chi connectivity index (χ0) is 19.5. The second kappa shape index (κ2) is 6.27. The van der Waals surface area contributed by atoms with Crippen molar-refractivity contribution in [2.45, 2.75) is 57.0 Å². The highest BCUT2D eigenvalue weighted by Crippen LogP contribution is 2.45. The largest absolute Gasteiger partial charge is 0.351 e. The van der Waals surface area contributed by atoms with Crippen LogP contribution in [0.2, 0.25) is 0 Å². The molecule has 1 saturated heterocycles. The number of nitrogens with one attached hydrogen (secondary N) is 3. The Hall–Kier alpha value is -2.97. The molecule has 4 aliphatic rings. The molecule has 9 nitrogen and oxygen atoms in total. The summed E-state index contributed by atoms with van der Waals surface area (Å²) in [4.78, 5) is 32.9. The number of nitrogens with zero attached hydrogens (tertiary/aromatic N) is 4. The van der Waals surface area contributed by atoms with Crippen molar-refractivity contribution in [2.75, 3.05) is 10.6 Å². The number of hydrogen-bond acceptors (Lipinski definition) is 7. The summed E-state index contributed by atoms with van der Waals surface area (Å²) in [5.41, 5.74) is 1.78. The van der Waals surface area contributed by atoms with E-state index in [0.29, 0.717) is 40.8 Å². The molecular weight excluding hydrogens is 370 g/mol. The van der Waals surface area contributed by atoms with Crippen LogP contribution >= 0.6 is 0 Å². The van der Waals surface area contributed by atoms with Gasteiger partial charge < -0.3 is 10.6 Å². The van der Waals surface area contributed by atoms with E-state index in [1.807, 2.05) is 0 Å². The molecule has 9 heteroatoms. The molecule has 2 aromatic heterocycles. The maximum atomic E-state index is 12.0. The third-order valence-electron chi connectivity index (χ3n) is 6.09. The Balaban J connectivity index is 1.39. The van der Waals surface area contributed by atoms with E-state index in [2.05, 4.69) is 21.0 Å². The molecule has 3 heterocycles. The van der Waals surface area contributed by atoms with Crippen LogP contribution in [0, 0.1) is 11.8 Å². The lowest BCUT2D eigenvalue weighted by atomic mass is 10.1. The second-order valence-corrected chi connectivity index (χ2v) is 8.69. The highest BCUT2D eigenvalue weighted by Gasteiger charge is 2.42. The minimum absolute atomic E-state index is 0.0883. The van der Waals surface area contributed by atoms with Gasteiger partial charge in [0.2, 0.25) is 17.8 Å². The third kappa shape index (κ3) is 3.34. The van der Waals surface area contributed by atoms with E-state index >= 15 is 0 Å². The smallest absolute Gasteiger partial charge is 0.254 e. The zero-order valence-corrected chi connectivity index (χ0v) is 16.0. The Kier molecular flexibility index (Phi) is 3.66. The Bertz CT molecular complexity index is 1030.